The van der Waals surface area contributed by atoms with E-state index in [2.05, 4.69) is 5.32 Å². The monoisotopic (exact) mass is 273 g/mol. The molecule has 1 aromatic rings. The summed E-state index contributed by atoms with van der Waals surface area (Å²) in [5, 5.41) is 11.7. The Morgan fingerprint density at radius 1 is 1.42 bits per heavy atom. The molecule has 2 rings (SSSR count). The van der Waals surface area contributed by atoms with Gasteiger partial charge in [-0.05, 0) is 43.4 Å². The van der Waals surface area contributed by atoms with Gasteiger partial charge in [-0.15, -0.1) is 0 Å². The Kier molecular flexibility index (Phi) is 3.43. The van der Waals surface area contributed by atoms with Crippen LogP contribution < -0.4 is 5.32 Å². The zero-order valence-corrected chi connectivity index (χ0v) is 10.3. The summed E-state index contributed by atoms with van der Waals surface area (Å²) in [6.45, 7) is 1.38. The highest BCUT2D eigenvalue weighted by molar-refractivity contribution is 5.78. The van der Waals surface area contributed by atoms with Crippen LogP contribution in [0.25, 0.3) is 0 Å². The Morgan fingerprint density at radius 3 is 2.53 bits per heavy atom. The van der Waals surface area contributed by atoms with Gasteiger partial charge in [-0.1, -0.05) is 6.07 Å². The third kappa shape index (κ3) is 3.19. The summed E-state index contributed by atoms with van der Waals surface area (Å²) in [6.07, 6.45) is -2.84. The van der Waals surface area contributed by atoms with E-state index in [4.69, 9.17) is 5.11 Å². The van der Waals surface area contributed by atoms with Gasteiger partial charge >= 0.3 is 12.1 Å². The summed E-state index contributed by atoms with van der Waals surface area (Å²) in [5.41, 5.74) is -0.425. The number of benzene rings is 1. The van der Waals surface area contributed by atoms with Crippen LogP contribution in [0.1, 0.15) is 24.0 Å². The number of hydrogen-bond donors (Lipinski definition) is 2. The van der Waals surface area contributed by atoms with Crippen molar-refractivity contribution in [3.8, 4) is 0 Å². The molecule has 0 bridgehead atoms. The topological polar surface area (TPSA) is 49.3 Å². The van der Waals surface area contributed by atoms with Crippen LogP contribution in [-0.2, 0) is 11.0 Å². The number of carboxylic acid groups (broad SMARTS) is 1. The van der Waals surface area contributed by atoms with Crippen molar-refractivity contribution in [2.45, 2.75) is 32.0 Å². The minimum absolute atomic E-state index is 0.00754. The van der Waals surface area contributed by atoms with E-state index in [1.54, 1.807) is 0 Å². The molecule has 6 heteroatoms. The second kappa shape index (κ2) is 4.75. The Bertz CT molecular complexity index is 495. The highest BCUT2D eigenvalue weighted by Crippen LogP contribution is 2.36. The van der Waals surface area contributed by atoms with Crippen molar-refractivity contribution in [2.24, 2.45) is 5.92 Å². The maximum Gasteiger partial charge on any atom is 0.416 e. The molecule has 1 aliphatic rings. The summed E-state index contributed by atoms with van der Waals surface area (Å²) in [7, 11) is 0. The molecule has 0 amide bonds. The number of carbonyl (C=O) groups is 1. The number of rotatable bonds is 4. The summed E-state index contributed by atoms with van der Waals surface area (Å²) in [4.78, 5) is 11.0. The molecule has 1 aliphatic carbocycles. The fourth-order valence-electron chi connectivity index (χ4n) is 2.01. The average Bonchev–Trinajstić information content (AvgIpc) is 3.09. The van der Waals surface area contributed by atoms with E-state index in [0.717, 1.165) is 18.9 Å². The van der Waals surface area contributed by atoms with Gasteiger partial charge in [-0.25, -0.2) is 4.79 Å². The van der Waals surface area contributed by atoms with E-state index in [1.165, 1.54) is 19.1 Å². The Hall–Kier alpha value is -1.72. The lowest BCUT2D eigenvalue weighted by Crippen LogP contribution is -2.31. The van der Waals surface area contributed by atoms with Crippen molar-refractivity contribution in [1.82, 2.24) is 0 Å². The molecule has 1 aromatic carbocycles. The van der Waals surface area contributed by atoms with Crippen molar-refractivity contribution >= 4 is 11.7 Å². The predicted molar refractivity (Wildman–Crippen MR) is 64.0 cm³/mol. The van der Waals surface area contributed by atoms with E-state index in [1.807, 2.05) is 0 Å². The number of halogens is 3. The standard InChI is InChI=1S/C13H14F3NO2/c1-7-2-5-9(6-10(7)13(14,15)16)17-11(12(18)19)8-3-4-8/h2,5-6,8,11,17H,3-4H2,1H3,(H,18,19). The maximum atomic E-state index is 12.8. The van der Waals surface area contributed by atoms with Crippen molar-refractivity contribution < 1.29 is 23.1 Å². The minimum Gasteiger partial charge on any atom is -0.480 e. The zero-order chi connectivity index (χ0) is 14.2. The number of hydrogen-bond acceptors (Lipinski definition) is 2. The van der Waals surface area contributed by atoms with E-state index in [0.29, 0.717) is 0 Å². The van der Waals surface area contributed by atoms with Gasteiger partial charge in [0.1, 0.15) is 6.04 Å². The molecule has 1 fully saturated rings. The SMILES string of the molecule is Cc1ccc(NC(C(=O)O)C2CC2)cc1C(F)(F)F. The highest BCUT2D eigenvalue weighted by Gasteiger charge is 2.37. The van der Waals surface area contributed by atoms with Gasteiger partial charge in [0, 0.05) is 5.69 Å². The normalized spacial score (nSPS) is 17.1. The van der Waals surface area contributed by atoms with Gasteiger partial charge in [0.05, 0.1) is 5.56 Å². The van der Waals surface area contributed by atoms with Crippen LogP contribution in [0.4, 0.5) is 18.9 Å². The lowest BCUT2D eigenvalue weighted by molar-refractivity contribution is -0.138. The second-order valence-electron chi connectivity index (χ2n) is 4.83. The number of nitrogens with one attached hydrogen (secondary N) is 1. The van der Waals surface area contributed by atoms with Gasteiger partial charge in [-0.2, -0.15) is 13.2 Å². The first-order chi connectivity index (χ1) is 8.79. The molecule has 3 nitrogen and oxygen atoms in total. The predicted octanol–water partition coefficient (Wildman–Crippen LogP) is 3.29. The summed E-state index contributed by atoms with van der Waals surface area (Å²) >= 11 is 0. The number of aryl methyl sites for hydroxylation is 1. The summed E-state index contributed by atoms with van der Waals surface area (Å²) < 4.78 is 38.3. The molecule has 0 aromatic heterocycles. The number of aliphatic carboxylic acids is 1. The number of anilines is 1. The molecule has 104 valence electrons. The molecule has 1 atom stereocenters. The minimum atomic E-state index is -4.43. The van der Waals surface area contributed by atoms with Crippen LogP contribution >= 0.6 is 0 Å². The van der Waals surface area contributed by atoms with Gasteiger partial charge in [0.2, 0.25) is 0 Å². The molecular formula is C13H14F3NO2. The average molecular weight is 273 g/mol. The fourth-order valence-corrected chi connectivity index (χ4v) is 2.01. The van der Waals surface area contributed by atoms with Crippen molar-refractivity contribution in [3.63, 3.8) is 0 Å². The smallest absolute Gasteiger partial charge is 0.416 e. The maximum absolute atomic E-state index is 12.8. The van der Waals surface area contributed by atoms with Gasteiger partial charge in [-0.3, -0.25) is 0 Å². The zero-order valence-electron chi connectivity index (χ0n) is 10.3. The Morgan fingerprint density at radius 2 is 2.05 bits per heavy atom. The van der Waals surface area contributed by atoms with Gasteiger partial charge in [0.25, 0.3) is 0 Å². The molecule has 0 saturated heterocycles. The van der Waals surface area contributed by atoms with Gasteiger partial charge in [0.15, 0.2) is 0 Å². The first kappa shape index (κ1) is 13.7. The molecule has 2 N–H and O–H groups in total. The van der Waals surface area contributed by atoms with Crippen LogP contribution in [0.15, 0.2) is 18.2 Å². The van der Waals surface area contributed by atoms with Crippen molar-refractivity contribution in [3.05, 3.63) is 29.3 Å². The van der Waals surface area contributed by atoms with Crippen molar-refractivity contribution in [2.75, 3.05) is 5.32 Å². The van der Waals surface area contributed by atoms with Crippen LogP contribution in [0.2, 0.25) is 0 Å². The second-order valence-corrected chi connectivity index (χ2v) is 4.83. The Balaban J connectivity index is 2.23. The van der Waals surface area contributed by atoms with Gasteiger partial charge < -0.3 is 10.4 Å². The third-order valence-corrected chi connectivity index (χ3v) is 3.22. The molecule has 19 heavy (non-hydrogen) atoms. The van der Waals surface area contributed by atoms with Crippen molar-refractivity contribution in [1.29, 1.82) is 0 Å². The van der Waals surface area contributed by atoms with E-state index in [9.17, 15) is 18.0 Å². The van der Waals surface area contributed by atoms with Crippen LogP contribution in [-0.4, -0.2) is 17.1 Å². The quantitative estimate of drug-likeness (QED) is 0.885. The first-order valence-corrected chi connectivity index (χ1v) is 5.96. The number of alkyl halides is 3. The first-order valence-electron chi connectivity index (χ1n) is 5.96. The number of carboxylic acids is 1. The lowest BCUT2D eigenvalue weighted by Gasteiger charge is -2.17. The third-order valence-electron chi connectivity index (χ3n) is 3.22. The molecule has 1 unspecified atom stereocenters. The lowest BCUT2D eigenvalue weighted by atomic mass is 10.1. The fraction of sp³-hybridized carbons (Fsp3) is 0.462. The van der Waals surface area contributed by atoms with E-state index >= 15 is 0 Å². The molecular weight excluding hydrogens is 259 g/mol. The van der Waals surface area contributed by atoms with Crippen LogP contribution in [0.3, 0.4) is 0 Å². The molecule has 0 heterocycles. The molecule has 0 aliphatic heterocycles. The molecule has 1 saturated carbocycles. The highest BCUT2D eigenvalue weighted by atomic mass is 19.4. The van der Waals surface area contributed by atoms with Crippen LogP contribution in [0, 0.1) is 12.8 Å². The molecule has 0 radical (unpaired) electrons. The summed E-state index contributed by atoms with van der Waals surface area (Å²) in [6, 6.07) is 2.97. The van der Waals surface area contributed by atoms with E-state index < -0.39 is 23.8 Å². The molecule has 0 spiro atoms. The van der Waals surface area contributed by atoms with Crippen LogP contribution in [0.5, 0.6) is 0 Å². The largest absolute Gasteiger partial charge is 0.480 e. The Labute approximate surface area is 108 Å². The summed E-state index contributed by atoms with van der Waals surface area (Å²) in [5.74, 6) is -1.02. The van der Waals surface area contributed by atoms with E-state index in [-0.39, 0.29) is 17.2 Å².